The monoisotopic (exact) mass is 452 g/mol. The lowest BCUT2D eigenvalue weighted by molar-refractivity contribution is 0.121. The van der Waals surface area contributed by atoms with Gasteiger partial charge in [-0.25, -0.2) is 4.68 Å². The summed E-state index contributed by atoms with van der Waals surface area (Å²) < 4.78 is 18.1. The molecule has 0 unspecified atom stereocenters. The second-order valence-electron chi connectivity index (χ2n) is 8.21. The van der Waals surface area contributed by atoms with Crippen molar-refractivity contribution in [3.8, 4) is 17.2 Å². The molecule has 3 aromatic rings. The summed E-state index contributed by atoms with van der Waals surface area (Å²) >= 11 is 0. The molecule has 0 spiro atoms. The molecule has 0 bridgehead atoms. The molecule has 9 nitrogen and oxygen atoms in total. The van der Waals surface area contributed by atoms with Crippen LogP contribution in [0.2, 0.25) is 0 Å². The fourth-order valence-corrected chi connectivity index (χ4v) is 4.23. The predicted octanol–water partition coefficient (Wildman–Crippen LogP) is 2.28. The fraction of sp³-hybridized carbons (Fsp3) is 0.458. The Labute approximate surface area is 194 Å². The third kappa shape index (κ3) is 5.26. The number of tetrazole rings is 1. The van der Waals surface area contributed by atoms with Crippen molar-refractivity contribution in [2.75, 3.05) is 54.6 Å². The van der Waals surface area contributed by atoms with E-state index in [1.807, 2.05) is 35.0 Å². The normalized spacial score (nSPS) is 15.9. The van der Waals surface area contributed by atoms with E-state index < -0.39 is 0 Å². The van der Waals surface area contributed by atoms with E-state index in [-0.39, 0.29) is 6.04 Å². The Morgan fingerprint density at radius 1 is 0.879 bits per heavy atom. The average molecular weight is 453 g/mol. The summed E-state index contributed by atoms with van der Waals surface area (Å²) in [5.41, 5.74) is 2.29. The molecule has 4 rings (SSSR count). The first-order chi connectivity index (χ1) is 16.1. The van der Waals surface area contributed by atoms with Crippen molar-refractivity contribution in [2.45, 2.75) is 19.0 Å². The molecule has 0 amide bonds. The van der Waals surface area contributed by atoms with Crippen molar-refractivity contribution in [1.82, 2.24) is 30.0 Å². The minimum absolute atomic E-state index is 0.0231. The van der Waals surface area contributed by atoms with Gasteiger partial charge in [-0.2, -0.15) is 0 Å². The van der Waals surface area contributed by atoms with Crippen LogP contribution >= 0.6 is 0 Å². The molecule has 0 aliphatic carbocycles. The molecule has 9 heteroatoms. The van der Waals surface area contributed by atoms with Crippen molar-refractivity contribution in [1.29, 1.82) is 0 Å². The number of benzene rings is 2. The lowest BCUT2D eigenvalue weighted by atomic mass is 10.0. The zero-order chi connectivity index (χ0) is 23.2. The van der Waals surface area contributed by atoms with Gasteiger partial charge in [0.05, 0.1) is 27.4 Å². The van der Waals surface area contributed by atoms with Gasteiger partial charge in [0, 0.05) is 32.7 Å². The van der Waals surface area contributed by atoms with Crippen LogP contribution in [0.25, 0.3) is 0 Å². The van der Waals surface area contributed by atoms with Crippen LogP contribution in [0.4, 0.5) is 0 Å². The first kappa shape index (κ1) is 23.0. The van der Waals surface area contributed by atoms with Crippen LogP contribution in [0.15, 0.2) is 42.5 Å². The van der Waals surface area contributed by atoms with Crippen LogP contribution in [-0.2, 0) is 13.0 Å². The highest BCUT2D eigenvalue weighted by Gasteiger charge is 2.30. The van der Waals surface area contributed by atoms with E-state index in [1.54, 1.807) is 21.3 Å². The van der Waals surface area contributed by atoms with Gasteiger partial charge < -0.3 is 19.1 Å². The molecular weight excluding hydrogens is 420 g/mol. The van der Waals surface area contributed by atoms with Crippen LogP contribution in [0.3, 0.4) is 0 Å². The SMILES string of the molecule is COc1ccc([C@H](c2nnnn2CCc2ccc(OC)c(OC)c2)N2CCN(C)CC2)cc1. The number of hydrogen-bond donors (Lipinski definition) is 0. The molecule has 1 aromatic heterocycles. The number of nitrogens with zero attached hydrogens (tertiary/aromatic N) is 6. The number of hydrogen-bond acceptors (Lipinski definition) is 8. The van der Waals surface area contributed by atoms with Crippen molar-refractivity contribution in [3.63, 3.8) is 0 Å². The average Bonchev–Trinajstić information content (AvgIpc) is 3.32. The Morgan fingerprint density at radius 2 is 1.61 bits per heavy atom. The number of aromatic nitrogens is 4. The molecule has 176 valence electrons. The Balaban J connectivity index is 1.59. The molecule has 1 atom stereocenters. The summed E-state index contributed by atoms with van der Waals surface area (Å²) in [5.74, 6) is 3.13. The lowest BCUT2D eigenvalue weighted by Gasteiger charge is -2.37. The van der Waals surface area contributed by atoms with Crippen LogP contribution < -0.4 is 14.2 Å². The second kappa shape index (κ2) is 10.6. The Kier molecular flexibility index (Phi) is 7.41. The predicted molar refractivity (Wildman–Crippen MR) is 125 cm³/mol. The van der Waals surface area contributed by atoms with Gasteiger partial charge in [0.15, 0.2) is 17.3 Å². The quantitative estimate of drug-likeness (QED) is 0.489. The maximum atomic E-state index is 5.45. The number of rotatable bonds is 9. The van der Waals surface area contributed by atoms with E-state index in [9.17, 15) is 0 Å². The summed E-state index contributed by atoms with van der Waals surface area (Å²) in [4.78, 5) is 4.81. The molecule has 0 N–H and O–H groups in total. The third-order valence-corrected chi connectivity index (χ3v) is 6.20. The van der Waals surface area contributed by atoms with Gasteiger partial charge in [-0.3, -0.25) is 4.90 Å². The maximum Gasteiger partial charge on any atom is 0.173 e. The summed E-state index contributed by atoms with van der Waals surface area (Å²) in [6.07, 6.45) is 0.774. The number of methoxy groups -OCH3 is 3. The molecule has 2 aromatic carbocycles. The second-order valence-corrected chi connectivity index (χ2v) is 8.21. The lowest BCUT2D eigenvalue weighted by Crippen LogP contribution is -2.46. The highest BCUT2D eigenvalue weighted by molar-refractivity contribution is 5.43. The first-order valence-corrected chi connectivity index (χ1v) is 11.2. The van der Waals surface area contributed by atoms with Crippen molar-refractivity contribution < 1.29 is 14.2 Å². The number of piperazine rings is 1. The van der Waals surface area contributed by atoms with Gasteiger partial charge in [0.25, 0.3) is 0 Å². The van der Waals surface area contributed by atoms with E-state index in [0.717, 1.165) is 66.8 Å². The molecule has 33 heavy (non-hydrogen) atoms. The van der Waals surface area contributed by atoms with Gasteiger partial charge in [0.2, 0.25) is 0 Å². The standard InChI is InChI=1S/C24H32N6O3/c1-28-13-15-29(16-14-28)23(19-6-8-20(31-2)9-7-19)24-25-26-27-30(24)12-11-18-5-10-21(32-3)22(17-18)33-4/h5-10,17,23H,11-16H2,1-4H3/t23-/m1/s1. The smallest absolute Gasteiger partial charge is 0.173 e. The van der Waals surface area contributed by atoms with Crippen molar-refractivity contribution in [2.24, 2.45) is 0 Å². The van der Waals surface area contributed by atoms with E-state index in [1.165, 1.54) is 0 Å². The van der Waals surface area contributed by atoms with E-state index >= 15 is 0 Å². The molecule has 0 radical (unpaired) electrons. The van der Waals surface area contributed by atoms with Crippen LogP contribution in [-0.4, -0.2) is 84.6 Å². The molecule has 1 fully saturated rings. The number of likely N-dealkylation sites (N-methyl/N-ethyl adjacent to an activating group) is 1. The van der Waals surface area contributed by atoms with E-state index in [2.05, 4.69) is 44.5 Å². The third-order valence-electron chi connectivity index (χ3n) is 6.20. The molecule has 1 aliphatic heterocycles. The first-order valence-electron chi connectivity index (χ1n) is 11.2. The zero-order valence-corrected chi connectivity index (χ0v) is 19.8. The van der Waals surface area contributed by atoms with Crippen molar-refractivity contribution in [3.05, 3.63) is 59.4 Å². The molecule has 0 saturated carbocycles. The summed E-state index contributed by atoms with van der Waals surface area (Å²) in [6.45, 7) is 4.60. The number of aryl methyl sites for hydroxylation is 2. The van der Waals surface area contributed by atoms with Crippen LogP contribution in [0.5, 0.6) is 17.2 Å². The molecular formula is C24H32N6O3. The van der Waals surface area contributed by atoms with Gasteiger partial charge >= 0.3 is 0 Å². The van der Waals surface area contributed by atoms with Gasteiger partial charge in [-0.1, -0.05) is 18.2 Å². The van der Waals surface area contributed by atoms with Crippen LogP contribution in [0, 0.1) is 0 Å². The Morgan fingerprint density at radius 3 is 2.27 bits per heavy atom. The fourth-order valence-electron chi connectivity index (χ4n) is 4.23. The summed E-state index contributed by atoms with van der Waals surface area (Å²) in [7, 11) is 7.13. The van der Waals surface area contributed by atoms with Gasteiger partial charge in [-0.05, 0) is 59.3 Å². The molecule has 1 aliphatic rings. The van der Waals surface area contributed by atoms with E-state index in [4.69, 9.17) is 14.2 Å². The maximum absolute atomic E-state index is 5.45. The summed E-state index contributed by atoms with van der Waals surface area (Å²) in [6, 6.07) is 14.2. The Bertz CT molecular complexity index is 1030. The highest BCUT2D eigenvalue weighted by Crippen LogP contribution is 2.30. The Hall–Kier alpha value is -3.17. The zero-order valence-electron chi connectivity index (χ0n) is 19.8. The van der Waals surface area contributed by atoms with Gasteiger partial charge in [0.1, 0.15) is 5.75 Å². The number of ether oxygens (including phenoxy) is 3. The minimum Gasteiger partial charge on any atom is -0.497 e. The molecule has 1 saturated heterocycles. The minimum atomic E-state index is -0.0231. The van der Waals surface area contributed by atoms with E-state index in [0.29, 0.717) is 6.54 Å². The largest absolute Gasteiger partial charge is 0.497 e. The molecule has 2 heterocycles. The van der Waals surface area contributed by atoms with Crippen molar-refractivity contribution >= 4 is 0 Å². The summed E-state index contributed by atoms with van der Waals surface area (Å²) in [5, 5.41) is 12.9. The van der Waals surface area contributed by atoms with Gasteiger partial charge in [-0.15, -0.1) is 5.10 Å². The van der Waals surface area contributed by atoms with Crippen LogP contribution in [0.1, 0.15) is 23.0 Å². The topological polar surface area (TPSA) is 77.8 Å². The highest BCUT2D eigenvalue weighted by atomic mass is 16.5.